The minimum atomic E-state index is -1.02. The van der Waals surface area contributed by atoms with Crippen molar-refractivity contribution < 1.29 is 38.8 Å². The van der Waals surface area contributed by atoms with Crippen molar-refractivity contribution in [1.29, 1.82) is 0 Å². The Morgan fingerprint density at radius 1 is 0.929 bits per heavy atom. The molecule has 5 rings (SSSR count). The van der Waals surface area contributed by atoms with Crippen molar-refractivity contribution in [2.45, 2.75) is 38.6 Å². The van der Waals surface area contributed by atoms with Crippen LogP contribution in [0.4, 0.5) is 5.69 Å². The predicted molar refractivity (Wildman–Crippen MR) is 155 cm³/mol. The second-order valence-electron chi connectivity index (χ2n) is 10.5. The van der Waals surface area contributed by atoms with Gasteiger partial charge in [-0.25, -0.2) is 4.79 Å². The fourth-order valence-electron chi connectivity index (χ4n) is 6.05. The van der Waals surface area contributed by atoms with Crippen molar-refractivity contribution in [3.05, 3.63) is 82.4 Å². The molecule has 3 aromatic rings. The van der Waals surface area contributed by atoms with E-state index in [9.17, 15) is 24.6 Å². The Balaban J connectivity index is 1.49. The molecule has 0 bridgehead atoms. The highest BCUT2D eigenvalue weighted by molar-refractivity contribution is 5.96. The summed E-state index contributed by atoms with van der Waals surface area (Å²) in [5.41, 5.74) is 3.80. The van der Waals surface area contributed by atoms with E-state index in [0.717, 1.165) is 22.3 Å². The highest BCUT2D eigenvalue weighted by atomic mass is 16.7. The first kappa shape index (κ1) is 28.9. The van der Waals surface area contributed by atoms with Crippen molar-refractivity contribution in [3.8, 4) is 17.2 Å². The van der Waals surface area contributed by atoms with E-state index < -0.39 is 29.8 Å². The minimum Gasteiger partial charge on any atom is -0.497 e. The van der Waals surface area contributed by atoms with Gasteiger partial charge in [0.2, 0.25) is 12.7 Å². The number of amides is 1. The molecular weight excluding hydrogens is 540 g/mol. The zero-order chi connectivity index (χ0) is 30.0. The van der Waals surface area contributed by atoms with Crippen LogP contribution in [0.3, 0.4) is 0 Å². The predicted octanol–water partition coefficient (Wildman–Crippen LogP) is 4.73. The molecule has 2 heterocycles. The summed E-state index contributed by atoms with van der Waals surface area (Å²) in [5, 5.41) is 23.1. The molecule has 10 nitrogen and oxygen atoms in total. The van der Waals surface area contributed by atoms with Gasteiger partial charge in [-0.15, -0.1) is 0 Å². The second kappa shape index (κ2) is 12.1. The van der Waals surface area contributed by atoms with Crippen LogP contribution in [0.5, 0.6) is 17.2 Å². The van der Waals surface area contributed by atoms with Gasteiger partial charge in [0, 0.05) is 24.2 Å². The molecule has 2 aliphatic rings. The first-order valence-electron chi connectivity index (χ1n) is 13.9. The molecule has 0 spiro atoms. The highest BCUT2D eigenvalue weighted by Gasteiger charge is 2.48. The van der Waals surface area contributed by atoms with Gasteiger partial charge in [0.15, 0.2) is 11.5 Å². The molecule has 0 radical (unpaired) electrons. The number of fused-ring (bicyclic) bond motifs is 1. The van der Waals surface area contributed by atoms with E-state index in [4.69, 9.17) is 14.2 Å². The molecule has 42 heavy (non-hydrogen) atoms. The summed E-state index contributed by atoms with van der Waals surface area (Å²) in [4.78, 5) is 40.0. The van der Waals surface area contributed by atoms with E-state index in [2.05, 4.69) is 5.32 Å². The van der Waals surface area contributed by atoms with Crippen LogP contribution in [0, 0.1) is 5.92 Å². The zero-order valence-corrected chi connectivity index (χ0v) is 23.8. The van der Waals surface area contributed by atoms with E-state index in [1.165, 1.54) is 0 Å². The number of benzene rings is 3. The molecule has 0 unspecified atom stereocenters. The van der Waals surface area contributed by atoms with Gasteiger partial charge in [-0.3, -0.25) is 14.5 Å². The summed E-state index contributed by atoms with van der Waals surface area (Å²) in [6.45, 7) is 4.18. The number of carboxylic acids is 2. The maximum atomic E-state index is 13.6. The van der Waals surface area contributed by atoms with Crippen LogP contribution < -0.4 is 19.5 Å². The largest absolute Gasteiger partial charge is 0.497 e. The summed E-state index contributed by atoms with van der Waals surface area (Å²) in [6.07, 6.45) is 1.07. The van der Waals surface area contributed by atoms with Crippen molar-refractivity contribution in [2.75, 3.05) is 32.3 Å². The lowest BCUT2D eigenvalue weighted by Crippen LogP contribution is -2.35. The van der Waals surface area contributed by atoms with E-state index in [0.29, 0.717) is 42.3 Å². The fraction of sp³-hybridized carbons (Fsp3) is 0.344. The zero-order valence-electron chi connectivity index (χ0n) is 23.8. The maximum Gasteiger partial charge on any atom is 0.335 e. The number of nitrogens with one attached hydrogen (secondary N) is 1. The number of aliphatic carboxylic acids is 1. The van der Waals surface area contributed by atoms with Crippen LogP contribution in [0.25, 0.3) is 0 Å². The third kappa shape index (κ3) is 5.62. The van der Waals surface area contributed by atoms with E-state index in [-0.39, 0.29) is 24.8 Å². The number of carboxylic acid groups (broad SMARTS) is 2. The average molecular weight is 575 g/mol. The molecule has 10 heteroatoms. The molecule has 3 N–H and O–H groups in total. The number of ether oxygens (including phenoxy) is 3. The van der Waals surface area contributed by atoms with Crippen molar-refractivity contribution in [2.24, 2.45) is 5.92 Å². The van der Waals surface area contributed by atoms with Gasteiger partial charge in [-0.2, -0.15) is 0 Å². The summed E-state index contributed by atoms with van der Waals surface area (Å²) in [6, 6.07) is 15.3. The van der Waals surface area contributed by atoms with E-state index >= 15 is 0 Å². The lowest BCUT2D eigenvalue weighted by Gasteiger charge is -2.27. The van der Waals surface area contributed by atoms with Crippen molar-refractivity contribution >= 4 is 23.5 Å². The topological polar surface area (TPSA) is 135 Å². The quantitative estimate of drug-likeness (QED) is 0.314. The van der Waals surface area contributed by atoms with Crippen molar-refractivity contribution in [3.63, 3.8) is 0 Å². The van der Waals surface area contributed by atoms with E-state index in [1.54, 1.807) is 37.4 Å². The first-order valence-corrected chi connectivity index (χ1v) is 13.9. The standard InChI is InChI=1S/C32H34N2O8/c1-4-18-12-22(31(36)37)13-19(5-2)29(18)33-27(35)16-34-15-24(21-8-11-25-26(14-21)42-17-41-25)28(32(38)39)30(34)20-6-9-23(40-3)10-7-20/h6-14,24,28,30H,4-5,15-17H2,1-3H3,(H,33,35)(H,36,37)(H,38,39)/t24-,28-,30+/m0/s1. The summed E-state index contributed by atoms with van der Waals surface area (Å²) in [7, 11) is 1.56. The molecule has 1 saturated heterocycles. The Morgan fingerprint density at radius 2 is 1.57 bits per heavy atom. The molecule has 3 atom stereocenters. The number of carbonyl (C=O) groups excluding carboxylic acids is 1. The van der Waals surface area contributed by atoms with Gasteiger partial charge < -0.3 is 29.7 Å². The van der Waals surface area contributed by atoms with Gasteiger partial charge >= 0.3 is 11.9 Å². The summed E-state index contributed by atoms with van der Waals surface area (Å²) in [5.74, 6) is -1.75. The molecular formula is C32H34N2O8. The third-order valence-corrected chi connectivity index (χ3v) is 8.09. The Kier molecular flexibility index (Phi) is 8.35. The van der Waals surface area contributed by atoms with Crippen LogP contribution in [0.2, 0.25) is 0 Å². The number of likely N-dealkylation sites (tertiary alicyclic amines) is 1. The number of nitrogens with zero attached hydrogens (tertiary/aromatic N) is 1. The Morgan fingerprint density at radius 3 is 2.17 bits per heavy atom. The Labute approximate surface area is 243 Å². The van der Waals surface area contributed by atoms with Crippen LogP contribution in [0.1, 0.15) is 58.4 Å². The number of aryl methyl sites for hydroxylation is 2. The monoisotopic (exact) mass is 574 g/mol. The normalized spacial score (nSPS) is 19.5. The molecule has 0 saturated carbocycles. The van der Waals surface area contributed by atoms with Gasteiger partial charge in [-0.1, -0.05) is 32.0 Å². The molecule has 1 fully saturated rings. The Hall–Kier alpha value is -4.57. The van der Waals surface area contributed by atoms with Crippen LogP contribution >= 0.6 is 0 Å². The van der Waals surface area contributed by atoms with Gasteiger partial charge in [0.1, 0.15) is 5.75 Å². The van der Waals surface area contributed by atoms with Gasteiger partial charge in [0.05, 0.1) is 25.1 Å². The van der Waals surface area contributed by atoms with Crippen molar-refractivity contribution in [1.82, 2.24) is 4.90 Å². The minimum absolute atomic E-state index is 0.0610. The number of rotatable bonds is 10. The smallest absolute Gasteiger partial charge is 0.335 e. The fourth-order valence-corrected chi connectivity index (χ4v) is 6.05. The molecule has 3 aromatic carbocycles. The van der Waals surface area contributed by atoms with Crippen LogP contribution in [-0.2, 0) is 22.4 Å². The number of aromatic carboxylic acids is 1. The highest BCUT2D eigenvalue weighted by Crippen LogP contribution is 2.47. The molecule has 0 aromatic heterocycles. The maximum absolute atomic E-state index is 13.6. The van der Waals surface area contributed by atoms with E-state index in [1.807, 2.05) is 43.0 Å². The molecule has 0 aliphatic carbocycles. The van der Waals surface area contributed by atoms with Gasteiger partial charge in [-0.05, 0) is 71.5 Å². The number of anilines is 1. The lowest BCUT2D eigenvalue weighted by molar-refractivity contribution is -0.143. The number of carbonyl (C=O) groups is 3. The Bertz CT molecular complexity index is 1480. The second-order valence-corrected chi connectivity index (χ2v) is 10.5. The van der Waals surface area contributed by atoms with Gasteiger partial charge in [0.25, 0.3) is 0 Å². The number of methoxy groups -OCH3 is 1. The first-order chi connectivity index (χ1) is 20.2. The van der Waals surface area contributed by atoms with Crippen LogP contribution in [0.15, 0.2) is 54.6 Å². The lowest BCUT2D eigenvalue weighted by atomic mass is 9.82. The van der Waals surface area contributed by atoms with Crippen LogP contribution in [-0.4, -0.2) is 60.0 Å². The summed E-state index contributed by atoms with van der Waals surface area (Å²) < 4.78 is 16.3. The average Bonchev–Trinajstić information content (AvgIpc) is 3.61. The number of hydrogen-bond donors (Lipinski definition) is 3. The molecule has 220 valence electrons. The SMILES string of the molecule is CCc1cc(C(=O)O)cc(CC)c1NC(=O)CN1C[C@@H](c2ccc3c(c2)OCO3)[C@H](C(=O)O)[C@H]1c1ccc(OC)cc1. The third-order valence-electron chi connectivity index (χ3n) is 8.09. The molecule has 2 aliphatic heterocycles. The molecule has 1 amide bonds. The summed E-state index contributed by atoms with van der Waals surface area (Å²) >= 11 is 0. The number of hydrogen-bond acceptors (Lipinski definition) is 7.